The maximum Gasteiger partial charge on any atom is 0.338 e. The Balaban J connectivity index is 1.71. The summed E-state index contributed by atoms with van der Waals surface area (Å²) in [6, 6.07) is 14.9. The third-order valence-corrected chi connectivity index (χ3v) is 6.18. The second kappa shape index (κ2) is 9.58. The van der Waals surface area contributed by atoms with Gasteiger partial charge in [0.25, 0.3) is 5.56 Å². The van der Waals surface area contributed by atoms with Crippen LogP contribution in [0.1, 0.15) is 41.6 Å². The quantitative estimate of drug-likeness (QED) is 0.342. The number of hydrogen-bond donors (Lipinski definition) is 0. The minimum atomic E-state index is -0.376. The molecule has 170 valence electrons. The molecule has 0 radical (unpaired) electrons. The van der Waals surface area contributed by atoms with Gasteiger partial charge in [-0.1, -0.05) is 24.3 Å². The number of rotatable bonds is 7. The van der Waals surface area contributed by atoms with Crippen LogP contribution < -0.4 is 10.3 Å². The molecule has 2 aromatic heterocycles. The zero-order chi connectivity index (χ0) is 23.5. The van der Waals surface area contributed by atoms with E-state index in [-0.39, 0.29) is 17.6 Å². The van der Waals surface area contributed by atoms with Crippen molar-refractivity contribution in [2.75, 3.05) is 6.61 Å². The molecule has 2 aromatic carbocycles. The van der Waals surface area contributed by atoms with E-state index in [9.17, 15) is 9.59 Å². The molecule has 0 aliphatic rings. The van der Waals surface area contributed by atoms with Gasteiger partial charge < -0.3 is 9.47 Å². The summed E-state index contributed by atoms with van der Waals surface area (Å²) in [5.41, 5.74) is 3.04. The third kappa shape index (κ3) is 4.83. The maximum absolute atomic E-state index is 13.5. The van der Waals surface area contributed by atoms with Gasteiger partial charge in [0, 0.05) is 10.4 Å². The molecule has 2 heterocycles. The van der Waals surface area contributed by atoms with Crippen molar-refractivity contribution in [3.05, 3.63) is 81.2 Å². The van der Waals surface area contributed by atoms with E-state index in [0.717, 1.165) is 27.3 Å². The number of nitrogens with zero attached hydrogens (tertiary/aromatic N) is 2. The van der Waals surface area contributed by atoms with Crippen molar-refractivity contribution >= 4 is 27.5 Å². The molecular weight excluding hydrogens is 436 g/mol. The highest BCUT2D eigenvalue weighted by atomic mass is 32.1. The standard InChI is InChI=1S/C26H26N2O4S/c1-5-31-21-11-9-19(10-12-21)22-17(4)33-24-23(22)25(29)28(15-27-24)14-18-7-6-8-20(13-18)26(30)32-16(2)3/h6-13,15-16H,5,14H2,1-4H3. The fraction of sp³-hybridized carbons (Fsp3) is 0.269. The SMILES string of the molecule is CCOc1ccc(-c2c(C)sc3ncn(Cc4cccc(C(=O)OC(C)C)c4)c(=O)c23)cc1. The molecule has 0 aliphatic carbocycles. The van der Waals surface area contributed by atoms with Gasteiger partial charge in [-0.05, 0) is 63.1 Å². The second-order valence-corrected chi connectivity index (χ2v) is 9.21. The molecule has 4 aromatic rings. The monoisotopic (exact) mass is 462 g/mol. The van der Waals surface area contributed by atoms with Gasteiger partial charge in [-0.2, -0.15) is 0 Å². The lowest BCUT2D eigenvalue weighted by molar-refractivity contribution is 0.0377. The van der Waals surface area contributed by atoms with Crippen LogP contribution >= 0.6 is 11.3 Å². The van der Waals surface area contributed by atoms with Crippen LogP contribution in [0, 0.1) is 6.92 Å². The average molecular weight is 463 g/mol. The first-order valence-electron chi connectivity index (χ1n) is 10.9. The summed E-state index contributed by atoms with van der Waals surface area (Å²) in [5, 5.41) is 0.611. The van der Waals surface area contributed by atoms with E-state index in [4.69, 9.17) is 9.47 Å². The molecule has 6 nitrogen and oxygen atoms in total. The van der Waals surface area contributed by atoms with Gasteiger partial charge in [-0.15, -0.1) is 11.3 Å². The molecule has 0 saturated heterocycles. The van der Waals surface area contributed by atoms with Crippen LogP contribution in [0.5, 0.6) is 5.75 Å². The Labute approximate surface area is 196 Å². The number of hydrogen-bond acceptors (Lipinski definition) is 6. The Morgan fingerprint density at radius 3 is 2.61 bits per heavy atom. The van der Waals surface area contributed by atoms with E-state index in [1.54, 1.807) is 29.1 Å². The molecular formula is C26H26N2O4S. The Morgan fingerprint density at radius 2 is 1.91 bits per heavy atom. The van der Waals surface area contributed by atoms with Gasteiger partial charge in [0.2, 0.25) is 0 Å². The molecule has 0 saturated carbocycles. The number of esters is 1. The van der Waals surface area contributed by atoms with Crippen molar-refractivity contribution < 1.29 is 14.3 Å². The van der Waals surface area contributed by atoms with Gasteiger partial charge in [-0.3, -0.25) is 9.36 Å². The number of aromatic nitrogens is 2. The molecule has 0 aliphatic heterocycles. The van der Waals surface area contributed by atoms with Crippen LogP contribution in [0.3, 0.4) is 0 Å². The van der Waals surface area contributed by atoms with Gasteiger partial charge in [-0.25, -0.2) is 9.78 Å². The minimum Gasteiger partial charge on any atom is -0.494 e. The molecule has 0 amide bonds. The predicted molar refractivity (Wildman–Crippen MR) is 131 cm³/mol. The van der Waals surface area contributed by atoms with Crippen molar-refractivity contribution in [3.8, 4) is 16.9 Å². The lowest BCUT2D eigenvalue weighted by Crippen LogP contribution is -2.21. The van der Waals surface area contributed by atoms with Gasteiger partial charge >= 0.3 is 5.97 Å². The average Bonchev–Trinajstić information content (AvgIpc) is 3.13. The van der Waals surface area contributed by atoms with Crippen molar-refractivity contribution in [1.82, 2.24) is 9.55 Å². The fourth-order valence-electron chi connectivity index (χ4n) is 3.76. The van der Waals surface area contributed by atoms with Gasteiger partial charge in [0.1, 0.15) is 10.6 Å². The van der Waals surface area contributed by atoms with E-state index in [0.29, 0.717) is 28.9 Å². The first-order valence-corrected chi connectivity index (χ1v) is 11.7. The third-order valence-electron chi connectivity index (χ3n) is 5.17. The lowest BCUT2D eigenvalue weighted by Gasteiger charge is -2.10. The Kier molecular flexibility index (Phi) is 6.60. The van der Waals surface area contributed by atoms with Crippen LogP contribution in [-0.2, 0) is 11.3 Å². The maximum atomic E-state index is 13.5. The second-order valence-electron chi connectivity index (χ2n) is 8.00. The van der Waals surface area contributed by atoms with Crippen LogP contribution in [0.2, 0.25) is 0 Å². The number of fused-ring (bicyclic) bond motifs is 1. The molecule has 0 N–H and O–H groups in total. The van der Waals surface area contributed by atoms with Crippen LogP contribution in [0.4, 0.5) is 0 Å². The largest absolute Gasteiger partial charge is 0.494 e. The Morgan fingerprint density at radius 1 is 1.15 bits per heavy atom. The molecule has 4 rings (SSSR count). The van der Waals surface area contributed by atoms with E-state index < -0.39 is 0 Å². The molecule has 33 heavy (non-hydrogen) atoms. The highest BCUT2D eigenvalue weighted by Gasteiger charge is 2.17. The summed E-state index contributed by atoms with van der Waals surface area (Å²) in [6.45, 7) is 8.49. The minimum absolute atomic E-state index is 0.108. The van der Waals surface area contributed by atoms with Crippen molar-refractivity contribution in [2.24, 2.45) is 0 Å². The number of thiophene rings is 1. The van der Waals surface area contributed by atoms with Crippen LogP contribution in [-0.4, -0.2) is 28.2 Å². The zero-order valence-corrected chi connectivity index (χ0v) is 19.9. The number of ether oxygens (including phenoxy) is 2. The Hall–Kier alpha value is -3.45. The van der Waals surface area contributed by atoms with Crippen LogP contribution in [0.15, 0.2) is 59.7 Å². The highest BCUT2D eigenvalue weighted by Crippen LogP contribution is 2.36. The summed E-state index contributed by atoms with van der Waals surface area (Å²) < 4.78 is 12.4. The molecule has 0 spiro atoms. The van der Waals surface area contributed by atoms with Gasteiger partial charge in [0.15, 0.2) is 0 Å². The summed E-state index contributed by atoms with van der Waals surface area (Å²) >= 11 is 1.51. The van der Waals surface area contributed by atoms with Crippen LogP contribution in [0.25, 0.3) is 21.3 Å². The molecule has 0 bridgehead atoms. The van der Waals surface area contributed by atoms with Crippen molar-refractivity contribution in [1.29, 1.82) is 0 Å². The smallest absolute Gasteiger partial charge is 0.338 e. The molecule has 7 heteroatoms. The van der Waals surface area contributed by atoms with E-state index in [1.165, 1.54) is 11.3 Å². The summed E-state index contributed by atoms with van der Waals surface area (Å²) in [4.78, 5) is 32.1. The highest BCUT2D eigenvalue weighted by molar-refractivity contribution is 7.19. The number of carbonyl (C=O) groups excluding carboxylic acids is 1. The van der Waals surface area contributed by atoms with Gasteiger partial charge in [0.05, 0.1) is 36.5 Å². The first kappa shape index (κ1) is 22.7. The number of carbonyl (C=O) groups is 1. The lowest BCUT2D eigenvalue weighted by atomic mass is 10.0. The Bertz CT molecular complexity index is 1350. The summed E-state index contributed by atoms with van der Waals surface area (Å²) in [5.74, 6) is 0.420. The fourth-order valence-corrected chi connectivity index (χ4v) is 4.76. The predicted octanol–water partition coefficient (Wildman–Crippen LogP) is 5.45. The van der Waals surface area contributed by atoms with E-state index in [2.05, 4.69) is 4.98 Å². The number of aryl methyl sites for hydroxylation is 1. The summed E-state index contributed by atoms with van der Waals surface area (Å²) in [6.07, 6.45) is 1.38. The van der Waals surface area contributed by atoms with Crippen molar-refractivity contribution in [3.63, 3.8) is 0 Å². The number of benzene rings is 2. The zero-order valence-electron chi connectivity index (χ0n) is 19.1. The molecule has 0 fully saturated rings. The summed E-state index contributed by atoms with van der Waals surface area (Å²) in [7, 11) is 0. The van der Waals surface area contributed by atoms with E-state index >= 15 is 0 Å². The molecule has 0 atom stereocenters. The first-order chi connectivity index (χ1) is 15.9. The van der Waals surface area contributed by atoms with Crippen molar-refractivity contribution in [2.45, 2.75) is 40.3 Å². The topological polar surface area (TPSA) is 70.4 Å². The van der Waals surface area contributed by atoms with E-state index in [1.807, 2.05) is 58.0 Å². The normalized spacial score (nSPS) is 11.2. The molecule has 0 unspecified atom stereocenters.